The summed E-state index contributed by atoms with van der Waals surface area (Å²) in [5.74, 6) is 0.710. The van der Waals surface area contributed by atoms with Crippen molar-refractivity contribution in [3.63, 3.8) is 0 Å². The van der Waals surface area contributed by atoms with Crippen molar-refractivity contribution in [3.8, 4) is 5.75 Å². The molecule has 2 rings (SSSR count). The summed E-state index contributed by atoms with van der Waals surface area (Å²) in [4.78, 5) is 13.7. The fraction of sp³-hybridized carbons (Fsp3) is 0.588. The molecular formula is C17H27N2O3+. The van der Waals surface area contributed by atoms with Gasteiger partial charge in [-0.1, -0.05) is 24.6 Å². The van der Waals surface area contributed by atoms with Crippen molar-refractivity contribution in [1.29, 1.82) is 0 Å². The highest BCUT2D eigenvalue weighted by Gasteiger charge is 2.19. The summed E-state index contributed by atoms with van der Waals surface area (Å²) in [6.45, 7) is 9.29. The van der Waals surface area contributed by atoms with Gasteiger partial charge in [-0.05, 0) is 25.5 Å². The first kappa shape index (κ1) is 16.8. The fourth-order valence-electron chi connectivity index (χ4n) is 2.49. The number of rotatable bonds is 7. The van der Waals surface area contributed by atoms with Crippen LogP contribution in [0.1, 0.15) is 18.9 Å². The molecule has 1 aliphatic rings. The predicted molar refractivity (Wildman–Crippen MR) is 85.3 cm³/mol. The molecule has 22 heavy (non-hydrogen) atoms. The van der Waals surface area contributed by atoms with E-state index in [9.17, 15) is 4.79 Å². The number of hydrogen-bond donors (Lipinski definition) is 2. The monoisotopic (exact) mass is 307 g/mol. The second-order valence-electron chi connectivity index (χ2n) is 5.73. The zero-order chi connectivity index (χ0) is 15.8. The zero-order valence-electron chi connectivity index (χ0n) is 13.6. The first-order valence-electron chi connectivity index (χ1n) is 8.11. The Kier molecular flexibility index (Phi) is 6.68. The van der Waals surface area contributed by atoms with E-state index in [1.807, 2.05) is 38.1 Å². The molecule has 1 aromatic carbocycles. The van der Waals surface area contributed by atoms with Gasteiger partial charge in [-0.15, -0.1) is 0 Å². The van der Waals surface area contributed by atoms with Gasteiger partial charge in [0.05, 0.1) is 26.3 Å². The van der Waals surface area contributed by atoms with Gasteiger partial charge in [0.15, 0.2) is 6.10 Å². The molecule has 0 aliphatic carbocycles. The molecule has 1 aromatic rings. The van der Waals surface area contributed by atoms with Gasteiger partial charge in [-0.25, -0.2) is 0 Å². The Labute approximate surface area is 132 Å². The van der Waals surface area contributed by atoms with Crippen molar-refractivity contribution >= 4 is 5.91 Å². The van der Waals surface area contributed by atoms with E-state index >= 15 is 0 Å². The SMILES string of the molecule is CC[C@H](Oc1ccc(C)cc1)C(=O)NCC[NH+]1CCOCC1. The van der Waals surface area contributed by atoms with E-state index < -0.39 is 6.10 Å². The van der Waals surface area contributed by atoms with Gasteiger partial charge in [0.2, 0.25) is 0 Å². The number of morpholine rings is 1. The Morgan fingerprint density at radius 2 is 2.00 bits per heavy atom. The van der Waals surface area contributed by atoms with Crippen LogP contribution in [0.5, 0.6) is 5.75 Å². The summed E-state index contributed by atoms with van der Waals surface area (Å²) >= 11 is 0. The molecule has 5 heteroatoms. The average Bonchev–Trinajstić information content (AvgIpc) is 2.55. The van der Waals surface area contributed by atoms with Crippen LogP contribution in [0.2, 0.25) is 0 Å². The smallest absolute Gasteiger partial charge is 0.261 e. The van der Waals surface area contributed by atoms with Gasteiger partial charge < -0.3 is 19.7 Å². The van der Waals surface area contributed by atoms with E-state index in [2.05, 4.69) is 5.32 Å². The summed E-state index contributed by atoms with van der Waals surface area (Å²) in [6.07, 6.45) is 0.229. The van der Waals surface area contributed by atoms with Gasteiger partial charge in [-0.3, -0.25) is 4.79 Å². The highest BCUT2D eigenvalue weighted by atomic mass is 16.5. The van der Waals surface area contributed by atoms with Crippen LogP contribution in [0.25, 0.3) is 0 Å². The van der Waals surface area contributed by atoms with Crippen molar-refractivity contribution < 1.29 is 19.2 Å². The minimum atomic E-state index is -0.428. The standard InChI is InChI=1S/C17H26N2O3/c1-3-16(22-15-6-4-14(2)5-7-15)17(20)18-8-9-19-10-12-21-13-11-19/h4-7,16H,3,8-13H2,1-2H3,(H,18,20)/p+1/t16-/m0/s1. The predicted octanol–water partition coefficient (Wildman–Crippen LogP) is 0.184. The van der Waals surface area contributed by atoms with E-state index in [0.29, 0.717) is 13.0 Å². The molecule has 5 nitrogen and oxygen atoms in total. The number of benzene rings is 1. The van der Waals surface area contributed by atoms with E-state index in [1.165, 1.54) is 10.5 Å². The summed E-state index contributed by atoms with van der Waals surface area (Å²) in [5, 5.41) is 2.99. The quantitative estimate of drug-likeness (QED) is 0.756. The number of hydrogen-bond acceptors (Lipinski definition) is 3. The molecule has 0 bridgehead atoms. The van der Waals surface area contributed by atoms with Crippen molar-refractivity contribution in [2.45, 2.75) is 26.4 Å². The molecule has 0 unspecified atom stereocenters. The summed E-state index contributed by atoms with van der Waals surface area (Å²) in [5.41, 5.74) is 1.18. The Morgan fingerprint density at radius 3 is 2.64 bits per heavy atom. The summed E-state index contributed by atoms with van der Waals surface area (Å²) in [7, 11) is 0. The molecule has 0 saturated carbocycles. The van der Waals surface area contributed by atoms with Crippen LogP contribution in [0, 0.1) is 6.92 Å². The van der Waals surface area contributed by atoms with Gasteiger partial charge in [-0.2, -0.15) is 0 Å². The summed E-state index contributed by atoms with van der Waals surface area (Å²) in [6, 6.07) is 7.79. The van der Waals surface area contributed by atoms with Crippen LogP contribution in [-0.4, -0.2) is 51.4 Å². The van der Waals surface area contributed by atoms with Gasteiger partial charge in [0, 0.05) is 0 Å². The van der Waals surface area contributed by atoms with Crippen LogP contribution in [-0.2, 0) is 9.53 Å². The van der Waals surface area contributed by atoms with Crippen molar-refractivity contribution in [2.24, 2.45) is 0 Å². The molecule has 1 amide bonds. The molecule has 0 aromatic heterocycles. The average molecular weight is 307 g/mol. The van der Waals surface area contributed by atoms with Gasteiger partial charge >= 0.3 is 0 Å². The van der Waals surface area contributed by atoms with Crippen LogP contribution >= 0.6 is 0 Å². The third kappa shape index (κ3) is 5.31. The largest absolute Gasteiger partial charge is 0.481 e. The van der Waals surface area contributed by atoms with Crippen LogP contribution < -0.4 is 15.0 Å². The molecule has 0 radical (unpaired) electrons. The normalized spacial score (nSPS) is 17.0. The minimum absolute atomic E-state index is 0.0317. The first-order chi connectivity index (χ1) is 10.7. The van der Waals surface area contributed by atoms with Crippen molar-refractivity contribution in [3.05, 3.63) is 29.8 Å². The fourth-order valence-corrected chi connectivity index (χ4v) is 2.49. The van der Waals surface area contributed by atoms with E-state index in [0.717, 1.165) is 38.6 Å². The van der Waals surface area contributed by atoms with Crippen molar-refractivity contribution in [1.82, 2.24) is 5.32 Å². The van der Waals surface area contributed by atoms with Crippen molar-refractivity contribution in [2.75, 3.05) is 39.4 Å². The highest BCUT2D eigenvalue weighted by molar-refractivity contribution is 5.81. The topological polar surface area (TPSA) is 52.0 Å². The lowest BCUT2D eigenvalue weighted by atomic mass is 10.2. The summed E-state index contributed by atoms with van der Waals surface area (Å²) < 4.78 is 11.1. The highest BCUT2D eigenvalue weighted by Crippen LogP contribution is 2.14. The molecule has 2 N–H and O–H groups in total. The third-order valence-electron chi connectivity index (χ3n) is 3.94. The van der Waals surface area contributed by atoms with Gasteiger partial charge in [0.1, 0.15) is 18.8 Å². The molecule has 122 valence electrons. The van der Waals surface area contributed by atoms with E-state index in [-0.39, 0.29) is 5.91 Å². The van der Waals surface area contributed by atoms with Crippen LogP contribution in [0.4, 0.5) is 0 Å². The van der Waals surface area contributed by atoms with Crippen LogP contribution in [0.3, 0.4) is 0 Å². The van der Waals surface area contributed by atoms with E-state index in [1.54, 1.807) is 0 Å². The number of nitrogens with one attached hydrogen (secondary N) is 2. The maximum absolute atomic E-state index is 12.2. The molecule has 1 aliphatic heterocycles. The van der Waals surface area contributed by atoms with E-state index in [4.69, 9.17) is 9.47 Å². The Balaban J connectivity index is 1.74. The number of amides is 1. The molecule has 1 fully saturated rings. The number of carbonyl (C=O) groups is 1. The Hall–Kier alpha value is -1.59. The number of carbonyl (C=O) groups excluding carboxylic acids is 1. The lowest BCUT2D eigenvalue weighted by molar-refractivity contribution is -0.906. The lowest BCUT2D eigenvalue weighted by Gasteiger charge is -2.24. The molecule has 1 saturated heterocycles. The molecular weight excluding hydrogens is 280 g/mol. The maximum atomic E-state index is 12.2. The number of aryl methyl sites for hydroxylation is 1. The van der Waals surface area contributed by atoms with Crippen LogP contribution in [0.15, 0.2) is 24.3 Å². The Morgan fingerprint density at radius 1 is 1.32 bits per heavy atom. The number of ether oxygens (including phenoxy) is 2. The second kappa shape index (κ2) is 8.76. The van der Waals surface area contributed by atoms with Gasteiger partial charge in [0.25, 0.3) is 5.91 Å². The lowest BCUT2D eigenvalue weighted by Crippen LogP contribution is -3.14. The zero-order valence-corrected chi connectivity index (χ0v) is 13.6. The Bertz CT molecular complexity index is 455. The third-order valence-corrected chi connectivity index (χ3v) is 3.94. The first-order valence-corrected chi connectivity index (χ1v) is 8.11. The minimum Gasteiger partial charge on any atom is -0.481 e. The maximum Gasteiger partial charge on any atom is 0.261 e. The molecule has 0 spiro atoms. The number of quaternary nitrogens is 1. The molecule has 1 heterocycles. The second-order valence-corrected chi connectivity index (χ2v) is 5.73. The molecule has 1 atom stereocenters.